The van der Waals surface area contributed by atoms with Crippen molar-refractivity contribution in [3.63, 3.8) is 0 Å². The number of hydrogen-bond donors (Lipinski definition) is 1. The number of amides is 1. The van der Waals surface area contributed by atoms with Crippen LogP contribution in [0.15, 0.2) is 53.4 Å². The highest BCUT2D eigenvalue weighted by Crippen LogP contribution is 2.20. The van der Waals surface area contributed by atoms with E-state index in [0.29, 0.717) is 19.2 Å². The average Bonchev–Trinajstić information content (AvgIpc) is 2.99. The summed E-state index contributed by atoms with van der Waals surface area (Å²) < 4.78 is 53.4. The monoisotopic (exact) mass is 394 g/mol. The third-order valence-corrected chi connectivity index (χ3v) is 6.01. The molecule has 1 aliphatic heterocycles. The van der Waals surface area contributed by atoms with Gasteiger partial charge in [0.05, 0.1) is 0 Å². The van der Waals surface area contributed by atoms with Crippen LogP contribution < -0.4 is 4.72 Å². The van der Waals surface area contributed by atoms with E-state index >= 15 is 0 Å². The molecule has 1 fully saturated rings. The minimum atomic E-state index is -4.11. The summed E-state index contributed by atoms with van der Waals surface area (Å²) in [5.74, 6) is -2.20. The minimum absolute atomic E-state index is 0.0206. The van der Waals surface area contributed by atoms with Gasteiger partial charge in [-0.15, -0.1) is 0 Å². The van der Waals surface area contributed by atoms with E-state index in [1.165, 1.54) is 0 Å². The Labute approximate surface area is 157 Å². The Balaban J connectivity index is 1.55. The fourth-order valence-electron chi connectivity index (χ4n) is 3.11. The number of rotatable bonds is 7. The number of halogens is 2. The molecule has 0 aliphatic carbocycles. The van der Waals surface area contributed by atoms with Crippen LogP contribution >= 0.6 is 0 Å². The van der Waals surface area contributed by atoms with Gasteiger partial charge in [0.1, 0.15) is 16.5 Å². The maximum atomic E-state index is 13.7. The molecule has 8 heteroatoms. The van der Waals surface area contributed by atoms with Gasteiger partial charge in [-0.2, -0.15) is 0 Å². The van der Waals surface area contributed by atoms with E-state index in [9.17, 15) is 22.0 Å². The second-order valence-corrected chi connectivity index (χ2v) is 8.31. The predicted octanol–water partition coefficient (Wildman–Crippen LogP) is 2.33. The first kappa shape index (κ1) is 19.4. The summed E-state index contributed by atoms with van der Waals surface area (Å²) in [5, 5.41) is 0. The standard InChI is InChI=1S/C19H20F2N2O3S/c20-16-6-7-18(17(21)11-16)27(25,26)22-12-15-10-19(24)23(13-15)9-8-14-4-2-1-3-5-14/h1-7,11,15,22H,8-10,12-13H2. The molecule has 3 rings (SSSR count). The molecule has 0 aromatic heterocycles. The highest BCUT2D eigenvalue weighted by Gasteiger charge is 2.30. The predicted molar refractivity (Wildman–Crippen MR) is 96.4 cm³/mol. The average molecular weight is 394 g/mol. The van der Waals surface area contributed by atoms with E-state index in [4.69, 9.17) is 0 Å². The van der Waals surface area contributed by atoms with Crippen molar-refractivity contribution in [1.82, 2.24) is 9.62 Å². The second kappa shape index (κ2) is 8.14. The van der Waals surface area contributed by atoms with Gasteiger partial charge in [0.2, 0.25) is 15.9 Å². The molecule has 0 radical (unpaired) electrons. The molecule has 0 bridgehead atoms. The number of sulfonamides is 1. The highest BCUT2D eigenvalue weighted by atomic mass is 32.2. The molecule has 1 amide bonds. The van der Waals surface area contributed by atoms with Crippen molar-refractivity contribution in [2.45, 2.75) is 17.7 Å². The van der Waals surface area contributed by atoms with Crippen LogP contribution in [-0.2, 0) is 21.2 Å². The molecule has 2 aromatic carbocycles. The van der Waals surface area contributed by atoms with Gasteiger partial charge in [-0.3, -0.25) is 4.79 Å². The van der Waals surface area contributed by atoms with E-state index in [0.717, 1.165) is 24.1 Å². The number of carbonyl (C=O) groups is 1. The summed E-state index contributed by atoms with van der Waals surface area (Å²) in [6, 6.07) is 12.1. The van der Waals surface area contributed by atoms with Gasteiger partial charge in [-0.25, -0.2) is 21.9 Å². The summed E-state index contributed by atoms with van der Waals surface area (Å²) in [5.41, 5.74) is 1.13. The smallest absolute Gasteiger partial charge is 0.243 e. The topological polar surface area (TPSA) is 66.5 Å². The van der Waals surface area contributed by atoms with Crippen molar-refractivity contribution in [2.24, 2.45) is 5.92 Å². The summed E-state index contributed by atoms with van der Waals surface area (Å²) in [6.45, 7) is 1.03. The van der Waals surface area contributed by atoms with Crippen LogP contribution in [0.1, 0.15) is 12.0 Å². The van der Waals surface area contributed by atoms with Gasteiger partial charge in [0.25, 0.3) is 0 Å². The van der Waals surface area contributed by atoms with E-state index in [1.807, 2.05) is 30.3 Å². The van der Waals surface area contributed by atoms with Crippen molar-refractivity contribution >= 4 is 15.9 Å². The van der Waals surface area contributed by atoms with Crippen molar-refractivity contribution in [3.05, 3.63) is 65.7 Å². The molecular formula is C19H20F2N2O3S. The lowest BCUT2D eigenvalue weighted by molar-refractivity contribution is -0.127. The molecule has 1 unspecified atom stereocenters. The molecule has 2 aromatic rings. The summed E-state index contributed by atoms with van der Waals surface area (Å²) in [4.78, 5) is 13.2. The quantitative estimate of drug-likeness (QED) is 0.784. The van der Waals surface area contributed by atoms with Crippen molar-refractivity contribution in [1.29, 1.82) is 0 Å². The van der Waals surface area contributed by atoms with Gasteiger partial charge >= 0.3 is 0 Å². The van der Waals surface area contributed by atoms with Crippen molar-refractivity contribution in [3.8, 4) is 0 Å². The maximum Gasteiger partial charge on any atom is 0.243 e. The largest absolute Gasteiger partial charge is 0.342 e. The molecule has 1 aliphatic rings. The van der Waals surface area contributed by atoms with E-state index in [1.54, 1.807) is 4.90 Å². The lowest BCUT2D eigenvalue weighted by Crippen LogP contribution is -2.32. The van der Waals surface area contributed by atoms with E-state index < -0.39 is 26.6 Å². The summed E-state index contributed by atoms with van der Waals surface area (Å²) >= 11 is 0. The summed E-state index contributed by atoms with van der Waals surface area (Å²) in [6.07, 6.45) is 0.967. The molecule has 144 valence electrons. The lowest BCUT2D eigenvalue weighted by atomic mass is 10.1. The van der Waals surface area contributed by atoms with Crippen LogP contribution in [0.4, 0.5) is 8.78 Å². The lowest BCUT2D eigenvalue weighted by Gasteiger charge is -2.17. The van der Waals surface area contributed by atoms with Gasteiger partial charge in [-0.05, 0) is 30.0 Å². The van der Waals surface area contributed by atoms with Gasteiger partial charge in [0.15, 0.2) is 0 Å². The van der Waals surface area contributed by atoms with Crippen LogP contribution in [0.5, 0.6) is 0 Å². The molecule has 1 atom stereocenters. The molecular weight excluding hydrogens is 374 g/mol. The molecule has 1 heterocycles. The van der Waals surface area contributed by atoms with Crippen LogP contribution in [0.25, 0.3) is 0 Å². The highest BCUT2D eigenvalue weighted by molar-refractivity contribution is 7.89. The van der Waals surface area contributed by atoms with Gasteiger partial charge in [0, 0.05) is 32.1 Å². The Hall–Kier alpha value is -2.32. The zero-order valence-corrected chi connectivity index (χ0v) is 15.4. The molecule has 1 saturated heterocycles. The maximum absolute atomic E-state index is 13.7. The fourth-order valence-corrected chi connectivity index (χ4v) is 4.29. The van der Waals surface area contributed by atoms with Gasteiger partial charge < -0.3 is 4.90 Å². The van der Waals surface area contributed by atoms with Crippen LogP contribution in [-0.4, -0.2) is 38.9 Å². The fraction of sp³-hybridized carbons (Fsp3) is 0.316. The Bertz CT molecular complexity index is 920. The van der Waals surface area contributed by atoms with E-state index in [2.05, 4.69) is 4.72 Å². The number of likely N-dealkylation sites (tertiary alicyclic amines) is 1. The first-order chi connectivity index (χ1) is 12.8. The number of hydrogen-bond acceptors (Lipinski definition) is 3. The minimum Gasteiger partial charge on any atom is -0.342 e. The number of carbonyl (C=O) groups excluding carboxylic acids is 1. The molecule has 0 spiro atoms. The summed E-state index contributed by atoms with van der Waals surface area (Å²) in [7, 11) is -4.11. The Morgan fingerprint density at radius 2 is 1.85 bits per heavy atom. The first-order valence-corrected chi connectivity index (χ1v) is 10.1. The number of nitrogens with one attached hydrogen (secondary N) is 1. The van der Waals surface area contributed by atoms with Crippen LogP contribution in [0, 0.1) is 17.6 Å². The molecule has 1 N–H and O–H groups in total. The SMILES string of the molecule is O=C1CC(CNS(=O)(=O)c2ccc(F)cc2F)CN1CCc1ccccc1. The third-order valence-electron chi connectivity index (χ3n) is 4.55. The second-order valence-electron chi connectivity index (χ2n) is 6.57. The number of nitrogens with zero attached hydrogens (tertiary/aromatic N) is 1. The van der Waals surface area contributed by atoms with Crippen LogP contribution in [0.3, 0.4) is 0 Å². The third kappa shape index (κ3) is 4.90. The van der Waals surface area contributed by atoms with E-state index in [-0.39, 0.29) is 24.8 Å². The molecule has 5 nitrogen and oxygen atoms in total. The zero-order chi connectivity index (χ0) is 19.4. The Kier molecular flexibility index (Phi) is 5.86. The Morgan fingerprint density at radius 1 is 1.11 bits per heavy atom. The number of benzene rings is 2. The normalized spacial score (nSPS) is 17.5. The molecule has 27 heavy (non-hydrogen) atoms. The van der Waals surface area contributed by atoms with Crippen LogP contribution in [0.2, 0.25) is 0 Å². The van der Waals surface area contributed by atoms with Crippen molar-refractivity contribution < 1.29 is 22.0 Å². The Morgan fingerprint density at radius 3 is 2.56 bits per heavy atom. The van der Waals surface area contributed by atoms with Crippen molar-refractivity contribution in [2.75, 3.05) is 19.6 Å². The molecule has 0 saturated carbocycles. The zero-order valence-electron chi connectivity index (χ0n) is 14.6. The first-order valence-electron chi connectivity index (χ1n) is 8.61. The van der Waals surface area contributed by atoms with Gasteiger partial charge in [-0.1, -0.05) is 30.3 Å².